The minimum Gasteiger partial charge on any atom is -0.313 e. The molecule has 3 nitrogen and oxygen atoms in total. The highest BCUT2D eigenvalue weighted by Gasteiger charge is 2.01. The van der Waals surface area contributed by atoms with E-state index in [-0.39, 0.29) is 5.56 Å². The van der Waals surface area contributed by atoms with Crippen molar-refractivity contribution in [1.29, 1.82) is 0 Å². The van der Waals surface area contributed by atoms with Crippen LogP contribution in [0.15, 0.2) is 46.6 Å². The third-order valence-corrected chi connectivity index (χ3v) is 5.83. The number of nitrogens with zero attached hydrogens (tertiary/aromatic N) is 1. The van der Waals surface area contributed by atoms with Crippen LogP contribution in [0.4, 0.5) is 0 Å². The topological polar surface area (TPSA) is 45.8 Å². The largest absolute Gasteiger partial charge is 0.313 e. The summed E-state index contributed by atoms with van der Waals surface area (Å²) in [5.74, 6) is 0. The molecule has 3 heterocycles. The van der Waals surface area contributed by atoms with Crippen LogP contribution in [0.25, 0.3) is 22.4 Å². The molecular weight excluding hydrogens is 332 g/mol. The number of aromatic nitrogens is 2. The quantitative estimate of drug-likeness (QED) is 0.609. The first kappa shape index (κ1) is 13.6. The van der Waals surface area contributed by atoms with Crippen molar-refractivity contribution >= 4 is 56.4 Å². The molecule has 0 bridgehead atoms. The van der Waals surface area contributed by atoms with Gasteiger partial charge in [-0.3, -0.25) is 4.79 Å². The summed E-state index contributed by atoms with van der Waals surface area (Å²) in [4.78, 5) is 20.6. The molecule has 1 N–H and O–H groups in total. The third-order valence-electron chi connectivity index (χ3n) is 3.06. The van der Waals surface area contributed by atoms with Gasteiger partial charge in [0.05, 0.1) is 19.4 Å². The van der Waals surface area contributed by atoms with Gasteiger partial charge in [0.15, 0.2) is 0 Å². The predicted octanol–water partition coefficient (Wildman–Crippen LogP) is 2.77. The Hall–Kier alpha value is -2.02. The van der Waals surface area contributed by atoms with E-state index in [1.807, 2.05) is 47.9 Å². The van der Waals surface area contributed by atoms with E-state index in [0.717, 1.165) is 29.3 Å². The number of rotatable bonds is 2. The number of para-hydroxylation sites is 1. The zero-order valence-corrected chi connectivity index (χ0v) is 13.7. The highest BCUT2D eigenvalue weighted by atomic mass is 32.1. The van der Waals surface area contributed by atoms with Gasteiger partial charge in [0, 0.05) is 11.0 Å². The number of hydrogen-bond donors (Lipinski definition) is 1. The summed E-state index contributed by atoms with van der Waals surface area (Å²) < 4.78 is 2.69. The minimum absolute atomic E-state index is 0.0502. The van der Waals surface area contributed by atoms with E-state index in [1.165, 1.54) is 11.3 Å². The van der Waals surface area contributed by atoms with Crippen LogP contribution in [-0.2, 0) is 0 Å². The van der Waals surface area contributed by atoms with Crippen molar-refractivity contribution in [3.8, 4) is 0 Å². The molecule has 3 aromatic heterocycles. The molecule has 22 heavy (non-hydrogen) atoms. The van der Waals surface area contributed by atoms with Gasteiger partial charge >= 0.3 is 0 Å². The average Bonchev–Trinajstić information content (AvgIpc) is 3.20. The van der Waals surface area contributed by atoms with Gasteiger partial charge < -0.3 is 4.98 Å². The maximum atomic E-state index is 12.0. The maximum absolute atomic E-state index is 12.0. The summed E-state index contributed by atoms with van der Waals surface area (Å²) in [6, 6.07) is 12.0. The molecule has 0 aliphatic carbocycles. The van der Waals surface area contributed by atoms with E-state index in [9.17, 15) is 4.79 Å². The monoisotopic (exact) mass is 342 g/mol. The van der Waals surface area contributed by atoms with Gasteiger partial charge in [-0.15, -0.1) is 34.0 Å². The van der Waals surface area contributed by atoms with Gasteiger partial charge in [-0.05, 0) is 29.7 Å². The van der Waals surface area contributed by atoms with Crippen LogP contribution in [0, 0.1) is 0 Å². The average molecular weight is 342 g/mol. The predicted molar refractivity (Wildman–Crippen MR) is 95.3 cm³/mol. The standard InChI is InChI=1S/C16H10N2OS3/c19-16-13(8-10-4-3-7-20-10)22-15(18-16)9-14-17-11-5-1-2-6-12(11)21-14/h1-9H,(H,18,19)/b13-8-,15-9-. The lowest BCUT2D eigenvalue weighted by Gasteiger charge is -1.80. The lowest BCUT2D eigenvalue weighted by atomic mass is 10.3. The molecule has 0 unspecified atom stereocenters. The first-order chi connectivity index (χ1) is 10.8. The number of thiophene rings is 1. The lowest BCUT2D eigenvalue weighted by molar-refractivity contribution is 1.25. The van der Waals surface area contributed by atoms with Crippen molar-refractivity contribution in [2.24, 2.45) is 0 Å². The zero-order valence-electron chi connectivity index (χ0n) is 11.3. The molecule has 0 aliphatic heterocycles. The normalized spacial score (nSPS) is 13.3. The molecule has 0 atom stereocenters. The summed E-state index contributed by atoms with van der Waals surface area (Å²) in [6.45, 7) is 0. The molecule has 0 radical (unpaired) electrons. The maximum Gasteiger partial charge on any atom is 0.266 e. The molecule has 0 fully saturated rings. The fourth-order valence-corrected chi connectivity index (χ4v) is 4.69. The number of benzene rings is 1. The molecule has 0 amide bonds. The van der Waals surface area contributed by atoms with E-state index < -0.39 is 0 Å². The molecular formula is C16H10N2OS3. The number of fused-ring (bicyclic) bond motifs is 1. The molecule has 0 saturated carbocycles. The Balaban J connectivity index is 1.81. The van der Waals surface area contributed by atoms with E-state index in [1.54, 1.807) is 22.7 Å². The second-order valence-corrected chi connectivity index (χ2v) is 7.73. The van der Waals surface area contributed by atoms with Gasteiger partial charge in [-0.2, -0.15) is 0 Å². The second-order valence-electron chi connectivity index (χ2n) is 4.61. The Labute approximate surface area is 137 Å². The van der Waals surface area contributed by atoms with Crippen LogP contribution in [0.2, 0.25) is 0 Å². The smallest absolute Gasteiger partial charge is 0.266 e. The molecule has 108 valence electrons. The van der Waals surface area contributed by atoms with Gasteiger partial charge in [-0.1, -0.05) is 18.2 Å². The minimum atomic E-state index is -0.0502. The van der Waals surface area contributed by atoms with Gasteiger partial charge in [-0.25, -0.2) is 4.98 Å². The van der Waals surface area contributed by atoms with Gasteiger partial charge in [0.2, 0.25) is 0 Å². The summed E-state index contributed by atoms with van der Waals surface area (Å²) in [6.07, 6.45) is 3.85. The zero-order chi connectivity index (χ0) is 14.9. The van der Waals surface area contributed by atoms with Crippen molar-refractivity contribution in [3.63, 3.8) is 0 Å². The van der Waals surface area contributed by atoms with E-state index in [2.05, 4.69) is 16.0 Å². The summed E-state index contributed by atoms with van der Waals surface area (Å²) in [7, 11) is 0. The van der Waals surface area contributed by atoms with Crippen LogP contribution in [-0.4, -0.2) is 9.97 Å². The lowest BCUT2D eigenvalue weighted by Crippen LogP contribution is -2.19. The number of thiazole rings is 2. The van der Waals surface area contributed by atoms with Crippen LogP contribution in [0.1, 0.15) is 9.88 Å². The molecule has 6 heteroatoms. The molecule has 0 spiro atoms. The Kier molecular flexibility index (Phi) is 3.49. The number of nitrogens with one attached hydrogen (secondary N) is 1. The Morgan fingerprint density at radius 3 is 2.77 bits per heavy atom. The first-order valence-electron chi connectivity index (χ1n) is 6.60. The second kappa shape index (κ2) is 5.64. The molecule has 4 rings (SSSR count). The molecule has 0 saturated heterocycles. The molecule has 0 aliphatic rings. The highest BCUT2D eigenvalue weighted by molar-refractivity contribution is 7.19. The van der Waals surface area contributed by atoms with Crippen molar-refractivity contribution in [3.05, 3.63) is 71.2 Å². The molecule has 1 aromatic carbocycles. The van der Waals surface area contributed by atoms with Crippen LogP contribution < -0.4 is 14.8 Å². The van der Waals surface area contributed by atoms with Crippen molar-refractivity contribution in [1.82, 2.24) is 9.97 Å². The van der Waals surface area contributed by atoms with E-state index >= 15 is 0 Å². The fourth-order valence-electron chi connectivity index (χ4n) is 2.09. The summed E-state index contributed by atoms with van der Waals surface area (Å²) >= 11 is 4.70. The Morgan fingerprint density at radius 2 is 1.95 bits per heavy atom. The number of H-pyrrole nitrogens is 1. The van der Waals surface area contributed by atoms with Crippen molar-refractivity contribution < 1.29 is 0 Å². The first-order valence-corrected chi connectivity index (χ1v) is 9.11. The Bertz CT molecular complexity index is 1070. The van der Waals surface area contributed by atoms with E-state index in [0.29, 0.717) is 0 Å². The summed E-state index contributed by atoms with van der Waals surface area (Å²) in [5.41, 5.74) is 0.939. The van der Waals surface area contributed by atoms with E-state index in [4.69, 9.17) is 0 Å². The number of aromatic amines is 1. The van der Waals surface area contributed by atoms with Crippen LogP contribution >= 0.6 is 34.0 Å². The van der Waals surface area contributed by atoms with Gasteiger partial charge in [0.1, 0.15) is 5.01 Å². The van der Waals surface area contributed by atoms with Crippen molar-refractivity contribution in [2.75, 3.05) is 0 Å². The molecule has 4 aromatic rings. The van der Waals surface area contributed by atoms with Crippen molar-refractivity contribution in [2.45, 2.75) is 0 Å². The third kappa shape index (κ3) is 2.68. The van der Waals surface area contributed by atoms with Crippen LogP contribution in [0.3, 0.4) is 0 Å². The SMILES string of the molecule is O=c1[nH]/c(=C/c2nc3ccccc3s2)s/c1=C\c1cccs1. The summed E-state index contributed by atoms with van der Waals surface area (Å²) in [5, 5.41) is 2.91. The van der Waals surface area contributed by atoms with Gasteiger partial charge in [0.25, 0.3) is 5.56 Å². The highest BCUT2D eigenvalue weighted by Crippen LogP contribution is 2.21. The Morgan fingerprint density at radius 1 is 1.05 bits per heavy atom. The van der Waals surface area contributed by atoms with Crippen LogP contribution in [0.5, 0.6) is 0 Å². The fraction of sp³-hybridized carbons (Fsp3) is 0. The number of hydrogen-bond acceptors (Lipinski definition) is 5.